The SMILES string of the molecule is CC(C)CNc1ccc([N+](=O)[O-])c(Nc2ccc(N3CCCC(F)C3C)cc2)n1. The Balaban J connectivity index is 1.78. The van der Waals surface area contributed by atoms with E-state index in [4.69, 9.17) is 0 Å². The molecule has 2 N–H and O–H groups in total. The zero-order valence-electron chi connectivity index (χ0n) is 17.1. The van der Waals surface area contributed by atoms with Crippen molar-refractivity contribution in [1.29, 1.82) is 0 Å². The van der Waals surface area contributed by atoms with E-state index in [2.05, 4.69) is 34.4 Å². The monoisotopic (exact) mass is 401 g/mol. The second-order valence-electron chi connectivity index (χ2n) is 7.86. The molecule has 0 bridgehead atoms. The van der Waals surface area contributed by atoms with Crippen LogP contribution in [0.3, 0.4) is 0 Å². The molecule has 156 valence electrons. The summed E-state index contributed by atoms with van der Waals surface area (Å²) in [7, 11) is 0. The van der Waals surface area contributed by atoms with Crippen molar-refractivity contribution in [2.24, 2.45) is 5.92 Å². The van der Waals surface area contributed by atoms with Gasteiger partial charge >= 0.3 is 5.69 Å². The molecule has 1 aromatic carbocycles. The van der Waals surface area contributed by atoms with E-state index in [0.29, 0.717) is 23.8 Å². The number of halogens is 1. The first-order valence-corrected chi connectivity index (χ1v) is 10.0. The number of hydrogen-bond donors (Lipinski definition) is 2. The number of benzene rings is 1. The largest absolute Gasteiger partial charge is 0.370 e. The molecule has 0 amide bonds. The number of rotatable bonds is 7. The van der Waals surface area contributed by atoms with E-state index < -0.39 is 11.1 Å². The predicted molar refractivity (Wildman–Crippen MR) is 115 cm³/mol. The molecule has 2 aromatic rings. The number of anilines is 4. The van der Waals surface area contributed by atoms with Crippen molar-refractivity contribution >= 4 is 28.7 Å². The van der Waals surface area contributed by atoms with Crippen LogP contribution in [0.1, 0.15) is 33.6 Å². The molecule has 2 atom stereocenters. The van der Waals surface area contributed by atoms with Gasteiger partial charge in [0, 0.05) is 30.5 Å². The molecule has 1 aliphatic rings. The summed E-state index contributed by atoms with van der Waals surface area (Å²) in [5.74, 6) is 1.20. The maximum Gasteiger partial charge on any atom is 0.311 e. The van der Waals surface area contributed by atoms with E-state index in [0.717, 1.165) is 25.2 Å². The molecule has 3 rings (SSSR count). The van der Waals surface area contributed by atoms with Gasteiger partial charge in [-0.2, -0.15) is 0 Å². The molecule has 7 nitrogen and oxygen atoms in total. The van der Waals surface area contributed by atoms with Crippen LogP contribution in [0.25, 0.3) is 0 Å². The normalized spacial score (nSPS) is 19.3. The van der Waals surface area contributed by atoms with Crippen molar-refractivity contribution < 1.29 is 9.31 Å². The summed E-state index contributed by atoms with van der Waals surface area (Å²) in [6, 6.07) is 10.4. The molecule has 0 aliphatic carbocycles. The van der Waals surface area contributed by atoms with E-state index in [9.17, 15) is 14.5 Å². The number of piperidine rings is 1. The Hall–Kier alpha value is -2.90. The highest BCUT2D eigenvalue weighted by Crippen LogP contribution is 2.30. The molecule has 0 saturated carbocycles. The van der Waals surface area contributed by atoms with Gasteiger partial charge in [0.05, 0.1) is 11.0 Å². The lowest BCUT2D eigenvalue weighted by Gasteiger charge is -2.37. The average Bonchev–Trinajstić information content (AvgIpc) is 2.69. The third-order valence-electron chi connectivity index (χ3n) is 5.12. The lowest BCUT2D eigenvalue weighted by atomic mass is 10.0. The van der Waals surface area contributed by atoms with E-state index >= 15 is 0 Å². The van der Waals surface area contributed by atoms with Gasteiger partial charge in [0.15, 0.2) is 0 Å². The fourth-order valence-corrected chi connectivity index (χ4v) is 3.43. The molecular weight excluding hydrogens is 373 g/mol. The molecule has 1 aliphatic heterocycles. The highest BCUT2D eigenvalue weighted by molar-refractivity contribution is 5.69. The zero-order valence-corrected chi connectivity index (χ0v) is 17.1. The fraction of sp³-hybridized carbons (Fsp3) is 0.476. The number of hydrogen-bond acceptors (Lipinski definition) is 6. The van der Waals surface area contributed by atoms with Gasteiger partial charge in [-0.3, -0.25) is 10.1 Å². The van der Waals surface area contributed by atoms with Gasteiger partial charge in [-0.25, -0.2) is 9.37 Å². The maximum absolute atomic E-state index is 14.0. The summed E-state index contributed by atoms with van der Waals surface area (Å²) in [4.78, 5) is 17.4. The fourth-order valence-electron chi connectivity index (χ4n) is 3.43. The standard InChI is InChI=1S/C21H28FN5O2/c1-14(2)13-23-20-11-10-19(27(28)29)21(25-20)24-16-6-8-17(9-7-16)26-12-4-5-18(22)15(26)3/h6-11,14-15,18H,4-5,12-13H2,1-3H3,(H2,23,24,25). The van der Waals surface area contributed by atoms with Crippen LogP contribution < -0.4 is 15.5 Å². The second-order valence-corrected chi connectivity index (χ2v) is 7.86. The Kier molecular flexibility index (Phi) is 6.51. The highest BCUT2D eigenvalue weighted by Gasteiger charge is 2.27. The summed E-state index contributed by atoms with van der Waals surface area (Å²) >= 11 is 0. The summed E-state index contributed by atoms with van der Waals surface area (Å²) in [6.45, 7) is 7.60. The zero-order chi connectivity index (χ0) is 21.0. The number of aromatic nitrogens is 1. The smallest absolute Gasteiger partial charge is 0.311 e. The van der Waals surface area contributed by atoms with Crippen LogP contribution in [0, 0.1) is 16.0 Å². The Bertz CT molecular complexity index is 843. The molecule has 2 unspecified atom stereocenters. The topological polar surface area (TPSA) is 83.3 Å². The van der Waals surface area contributed by atoms with Crippen molar-refractivity contribution in [2.75, 3.05) is 28.6 Å². The predicted octanol–water partition coefficient (Wildman–Crippen LogP) is 5.13. The molecule has 0 spiro atoms. The number of nitrogens with zero attached hydrogens (tertiary/aromatic N) is 3. The molecule has 29 heavy (non-hydrogen) atoms. The summed E-state index contributed by atoms with van der Waals surface area (Å²) in [5, 5.41) is 17.6. The molecule has 1 fully saturated rings. The number of nitrogens with one attached hydrogen (secondary N) is 2. The van der Waals surface area contributed by atoms with Gasteiger partial charge < -0.3 is 15.5 Å². The minimum atomic E-state index is -0.825. The van der Waals surface area contributed by atoms with E-state index in [1.807, 2.05) is 31.2 Å². The Morgan fingerprint density at radius 3 is 2.66 bits per heavy atom. The maximum atomic E-state index is 14.0. The number of alkyl halides is 1. The number of pyridine rings is 1. The lowest BCUT2D eigenvalue weighted by molar-refractivity contribution is -0.384. The molecule has 2 heterocycles. The average molecular weight is 401 g/mol. The lowest BCUT2D eigenvalue weighted by Crippen LogP contribution is -2.44. The van der Waals surface area contributed by atoms with Crippen molar-refractivity contribution in [3.8, 4) is 0 Å². The van der Waals surface area contributed by atoms with E-state index in [1.165, 1.54) is 6.07 Å². The summed E-state index contributed by atoms with van der Waals surface area (Å²) in [5.41, 5.74) is 1.54. The van der Waals surface area contributed by atoms with Gasteiger partial charge in [-0.05, 0) is 56.0 Å². The summed E-state index contributed by atoms with van der Waals surface area (Å²) in [6.07, 6.45) is 0.612. The first kappa shape index (κ1) is 20.8. The van der Waals surface area contributed by atoms with Crippen LogP contribution in [-0.2, 0) is 0 Å². The first-order chi connectivity index (χ1) is 13.8. The first-order valence-electron chi connectivity index (χ1n) is 10.0. The Morgan fingerprint density at radius 2 is 2.00 bits per heavy atom. The van der Waals surface area contributed by atoms with E-state index in [-0.39, 0.29) is 17.5 Å². The van der Waals surface area contributed by atoms with Gasteiger partial charge in [-0.1, -0.05) is 13.8 Å². The third-order valence-corrected chi connectivity index (χ3v) is 5.12. The van der Waals surface area contributed by atoms with Crippen LogP contribution in [0.2, 0.25) is 0 Å². The van der Waals surface area contributed by atoms with Gasteiger partial charge in [-0.15, -0.1) is 0 Å². The van der Waals surface area contributed by atoms with Crippen LogP contribution >= 0.6 is 0 Å². The number of nitro groups is 1. The second kappa shape index (κ2) is 9.07. The van der Waals surface area contributed by atoms with Crippen molar-refractivity contribution in [1.82, 2.24) is 4.98 Å². The quantitative estimate of drug-likeness (QED) is 0.494. The van der Waals surface area contributed by atoms with Crippen LogP contribution in [0.5, 0.6) is 0 Å². The highest BCUT2D eigenvalue weighted by atomic mass is 19.1. The van der Waals surface area contributed by atoms with Crippen molar-refractivity contribution in [2.45, 2.75) is 45.8 Å². The molecule has 0 radical (unpaired) electrons. The Morgan fingerprint density at radius 1 is 1.28 bits per heavy atom. The van der Waals surface area contributed by atoms with Gasteiger partial charge in [0.25, 0.3) is 0 Å². The van der Waals surface area contributed by atoms with Gasteiger partial charge in [0.2, 0.25) is 5.82 Å². The van der Waals surface area contributed by atoms with Gasteiger partial charge in [0.1, 0.15) is 12.0 Å². The molecule has 1 saturated heterocycles. The van der Waals surface area contributed by atoms with Crippen LogP contribution in [0.15, 0.2) is 36.4 Å². The minimum absolute atomic E-state index is 0.0888. The summed E-state index contributed by atoms with van der Waals surface area (Å²) < 4.78 is 14.0. The van der Waals surface area contributed by atoms with Crippen LogP contribution in [-0.4, -0.2) is 35.2 Å². The molecule has 1 aromatic heterocycles. The van der Waals surface area contributed by atoms with Crippen molar-refractivity contribution in [3.05, 3.63) is 46.5 Å². The van der Waals surface area contributed by atoms with E-state index in [1.54, 1.807) is 6.07 Å². The molecular formula is C21H28FN5O2. The van der Waals surface area contributed by atoms with Crippen molar-refractivity contribution in [3.63, 3.8) is 0 Å². The minimum Gasteiger partial charge on any atom is -0.370 e. The Labute approximate surface area is 170 Å². The third kappa shape index (κ3) is 5.13. The van der Waals surface area contributed by atoms with Crippen LogP contribution in [0.4, 0.5) is 33.1 Å². The molecule has 8 heteroatoms.